The summed E-state index contributed by atoms with van der Waals surface area (Å²) < 4.78 is 2.18. The van der Waals surface area contributed by atoms with Gasteiger partial charge in [-0.1, -0.05) is 19.8 Å². The Morgan fingerprint density at radius 1 is 1.43 bits per heavy atom. The van der Waals surface area contributed by atoms with Gasteiger partial charge in [-0.2, -0.15) is 5.10 Å². The van der Waals surface area contributed by atoms with E-state index in [1.54, 1.807) is 11.3 Å². The molecule has 2 aromatic heterocycles. The van der Waals surface area contributed by atoms with Gasteiger partial charge in [-0.3, -0.25) is 4.68 Å². The first-order chi connectivity index (χ1) is 10.4. The van der Waals surface area contributed by atoms with Crippen LogP contribution in [0.2, 0.25) is 0 Å². The standard InChI is InChI=1S/C16H24N4S/c1-2-8-17-15(16-11-21-12-18-16)10-13-7-9-20(19-13)14-5-3-4-6-14/h7,9,11-12,14-15,17H,2-6,8,10H2,1H3. The van der Waals surface area contributed by atoms with Gasteiger partial charge in [0.05, 0.1) is 29.0 Å². The quantitative estimate of drug-likeness (QED) is 0.847. The van der Waals surface area contributed by atoms with Gasteiger partial charge in [0.1, 0.15) is 0 Å². The van der Waals surface area contributed by atoms with Crippen molar-refractivity contribution < 1.29 is 0 Å². The second-order valence-corrected chi connectivity index (χ2v) is 6.57. The molecular formula is C16H24N4S. The highest BCUT2D eigenvalue weighted by atomic mass is 32.1. The van der Waals surface area contributed by atoms with E-state index in [2.05, 4.69) is 39.5 Å². The largest absolute Gasteiger partial charge is 0.308 e. The molecule has 1 atom stereocenters. The third-order valence-electron chi connectivity index (χ3n) is 4.22. The molecule has 0 aromatic carbocycles. The Hall–Kier alpha value is -1.20. The fourth-order valence-electron chi connectivity index (χ4n) is 3.06. The Morgan fingerprint density at radius 2 is 2.29 bits per heavy atom. The van der Waals surface area contributed by atoms with Crippen LogP contribution in [0.4, 0.5) is 0 Å². The van der Waals surface area contributed by atoms with Crippen LogP contribution in [-0.4, -0.2) is 21.3 Å². The molecule has 21 heavy (non-hydrogen) atoms. The van der Waals surface area contributed by atoms with Crippen molar-refractivity contribution in [2.45, 2.75) is 57.5 Å². The van der Waals surface area contributed by atoms with Crippen LogP contribution in [0, 0.1) is 0 Å². The number of nitrogens with one attached hydrogen (secondary N) is 1. The van der Waals surface area contributed by atoms with Gasteiger partial charge in [0.2, 0.25) is 0 Å². The molecule has 0 amide bonds. The molecule has 1 fully saturated rings. The summed E-state index contributed by atoms with van der Waals surface area (Å²) in [5, 5.41) is 10.5. The number of rotatable bonds is 7. The first-order valence-corrected chi connectivity index (χ1v) is 8.96. The predicted octanol–water partition coefficient (Wildman–Crippen LogP) is 3.74. The summed E-state index contributed by atoms with van der Waals surface area (Å²) in [5.41, 5.74) is 4.22. The van der Waals surface area contributed by atoms with Crippen LogP contribution in [0.25, 0.3) is 0 Å². The highest BCUT2D eigenvalue weighted by Crippen LogP contribution is 2.29. The van der Waals surface area contributed by atoms with Crippen molar-refractivity contribution >= 4 is 11.3 Å². The first kappa shape index (κ1) is 14.7. The second kappa shape index (κ2) is 7.18. The lowest BCUT2D eigenvalue weighted by molar-refractivity contribution is 0.455. The third kappa shape index (κ3) is 3.71. The van der Waals surface area contributed by atoms with Crippen LogP contribution in [0.15, 0.2) is 23.2 Å². The van der Waals surface area contributed by atoms with Crippen molar-refractivity contribution in [3.63, 3.8) is 0 Å². The maximum absolute atomic E-state index is 4.80. The molecule has 3 rings (SSSR count). The summed E-state index contributed by atoms with van der Waals surface area (Å²) in [5.74, 6) is 0. The number of thiazole rings is 1. The van der Waals surface area contributed by atoms with Gasteiger partial charge in [-0.25, -0.2) is 4.98 Å². The predicted molar refractivity (Wildman–Crippen MR) is 86.6 cm³/mol. The van der Waals surface area contributed by atoms with Gasteiger partial charge in [-0.05, 0) is 31.9 Å². The normalized spacial score (nSPS) is 17.4. The third-order valence-corrected chi connectivity index (χ3v) is 4.83. The lowest BCUT2D eigenvalue weighted by atomic mass is 10.1. The Kier molecular flexibility index (Phi) is 5.04. The van der Waals surface area contributed by atoms with Crippen LogP contribution in [0.5, 0.6) is 0 Å². The van der Waals surface area contributed by atoms with Gasteiger partial charge in [0, 0.05) is 18.0 Å². The molecule has 0 aliphatic heterocycles. The average molecular weight is 304 g/mol. The molecule has 4 nitrogen and oxygen atoms in total. The molecule has 1 aliphatic rings. The molecule has 0 bridgehead atoms. The lowest BCUT2D eigenvalue weighted by Crippen LogP contribution is -2.24. The summed E-state index contributed by atoms with van der Waals surface area (Å²) in [6, 6.07) is 3.08. The van der Waals surface area contributed by atoms with E-state index < -0.39 is 0 Å². The Balaban J connectivity index is 1.67. The maximum atomic E-state index is 4.80. The molecular weight excluding hydrogens is 280 g/mol. The van der Waals surface area contributed by atoms with E-state index in [1.807, 2.05) is 5.51 Å². The van der Waals surface area contributed by atoms with Crippen LogP contribution in [-0.2, 0) is 6.42 Å². The zero-order chi connectivity index (χ0) is 14.5. The second-order valence-electron chi connectivity index (χ2n) is 5.85. The smallest absolute Gasteiger partial charge is 0.0795 e. The summed E-state index contributed by atoms with van der Waals surface area (Å²) in [6.07, 6.45) is 9.47. The molecule has 1 unspecified atom stereocenters. The van der Waals surface area contributed by atoms with Crippen LogP contribution in [0.1, 0.15) is 62.5 Å². The molecule has 5 heteroatoms. The number of nitrogens with zero attached hydrogens (tertiary/aromatic N) is 3. The monoisotopic (exact) mass is 304 g/mol. The Bertz CT molecular complexity index is 528. The van der Waals surface area contributed by atoms with Crippen molar-refractivity contribution in [3.05, 3.63) is 34.5 Å². The van der Waals surface area contributed by atoms with Gasteiger partial charge in [-0.15, -0.1) is 11.3 Å². The van der Waals surface area contributed by atoms with Crippen LogP contribution < -0.4 is 5.32 Å². The molecule has 1 aliphatic carbocycles. The first-order valence-electron chi connectivity index (χ1n) is 8.02. The molecule has 2 heterocycles. The van der Waals surface area contributed by atoms with Crippen molar-refractivity contribution in [1.29, 1.82) is 0 Å². The van der Waals surface area contributed by atoms with Crippen LogP contribution >= 0.6 is 11.3 Å². The SMILES string of the molecule is CCCNC(Cc1ccn(C2CCCC2)n1)c1cscn1. The minimum atomic E-state index is 0.281. The highest BCUT2D eigenvalue weighted by molar-refractivity contribution is 7.07. The summed E-state index contributed by atoms with van der Waals surface area (Å²) >= 11 is 1.66. The average Bonchev–Trinajstić information content (AvgIpc) is 3.24. The minimum absolute atomic E-state index is 0.281. The molecule has 0 radical (unpaired) electrons. The van der Waals surface area contributed by atoms with Crippen molar-refractivity contribution in [2.24, 2.45) is 0 Å². The summed E-state index contributed by atoms with van der Waals surface area (Å²) in [7, 11) is 0. The molecule has 0 spiro atoms. The molecule has 114 valence electrons. The zero-order valence-electron chi connectivity index (χ0n) is 12.7. The van der Waals surface area contributed by atoms with Crippen LogP contribution in [0.3, 0.4) is 0 Å². The fraction of sp³-hybridized carbons (Fsp3) is 0.625. The molecule has 2 aromatic rings. The topological polar surface area (TPSA) is 42.7 Å². The number of hydrogen-bond acceptors (Lipinski definition) is 4. The van der Waals surface area contributed by atoms with Gasteiger partial charge >= 0.3 is 0 Å². The fourth-order valence-corrected chi connectivity index (χ4v) is 3.67. The summed E-state index contributed by atoms with van der Waals surface area (Å²) in [6.45, 7) is 3.21. The van der Waals surface area contributed by atoms with Crippen molar-refractivity contribution in [3.8, 4) is 0 Å². The minimum Gasteiger partial charge on any atom is -0.308 e. The van der Waals surface area contributed by atoms with E-state index in [9.17, 15) is 0 Å². The van der Waals surface area contributed by atoms with Gasteiger partial charge < -0.3 is 5.32 Å². The van der Waals surface area contributed by atoms with E-state index >= 15 is 0 Å². The maximum Gasteiger partial charge on any atom is 0.0795 e. The van der Waals surface area contributed by atoms with E-state index in [1.165, 1.54) is 31.4 Å². The van der Waals surface area contributed by atoms with Gasteiger partial charge in [0.15, 0.2) is 0 Å². The zero-order valence-corrected chi connectivity index (χ0v) is 13.5. The highest BCUT2D eigenvalue weighted by Gasteiger charge is 2.19. The summed E-state index contributed by atoms with van der Waals surface area (Å²) in [4.78, 5) is 4.47. The molecule has 1 saturated carbocycles. The van der Waals surface area contributed by atoms with Gasteiger partial charge in [0.25, 0.3) is 0 Å². The van der Waals surface area contributed by atoms with E-state index in [0.29, 0.717) is 6.04 Å². The molecule has 0 saturated heterocycles. The van der Waals surface area contributed by atoms with E-state index in [4.69, 9.17) is 5.10 Å². The lowest BCUT2D eigenvalue weighted by Gasteiger charge is -2.15. The van der Waals surface area contributed by atoms with Crippen molar-refractivity contribution in [2.75, 3.05) is 6.54 Å². The van der Waals surface area contributed by atoms with E-state index in [-0.39, 0.29) is 6.04 Å². The Labute approximate surface area is 130 Å². The molecule has 1 N–H and O–H groups in total. The number of aromatic nitrogens is 3. The van der Waals surface area contributed by atoms with E-state index in [0.717, 1.165) is 25.1 Å². The van der Waals surface area contributed by atoms with Crippen molar-refractivity contribution in [1.82, 2.24) is 20.1 Å². The number of hydrogen-bond donors (Lipinski definition) is 1. The Morgan fingerprint density at radius 3 is 3.00 bits per heavy atom.